The second-order valence-corrected chi connectivity index (χ2v) is 13.0. The number of fused-ring (bicyclic) bond motifs is 1. The van der Waals surface area contributed by atoms with Crippen LogP contribution in [0.1, 0.15) is 144 Å². The predicted molar refractivity (Wildman–Crippen MR) is 188 cm³/mol. The zero-order valence-corrected chi connectivity index (χ0v) is 28.7. The number of aromatic nitrogens is 4. The largest absolute Gasteiger partial charge is 0.391 e. The molecule has 9 heteroatoms. The van der Waals surface area contributed by atoms with Crippen LogP contribution in [0.4, 0.5) is 0 Å². The first-order valence-electron chi connectivity index (χ1n) is 18.0. The molecular weight excluding hydrogens is 578 g/mol. The zero-order valence-electron chi connectivity index (χ0n) is 28.7. The van der Waals surface area contributed by atoms with Crippen molar-refractivity contribution in [2.45, 2.75) is 141 Å². The number of aliphatic hydroxyl groups is 1. The summed E-state index contributed by atoms with van der Waals surface area (Å²) >= 11 is 0. The molecule has 9 nitrogen and oxygen atoms in total. The highest BCUT2D eigenvalue weighted by atomic mass is 16.3. The number of aromatic amines is 1. The average Bonchev–Trinajstić information content (AvgIpc) is 3.39. The predicted octanol–water partition coefficient (Wildman–Crippen LogP) is 6.88. The number of rotatable bonds is 24. The van der Waals surface area contributed by atoms with Crippen LogP contribution in [-0.2, 0) is 26.9 Å². The topological polar surface area (TPSA) is 122 Å². The van der Waals surface area contributed by atoms with Crippen molar-refractivity contribution < 1.29 is 9.90 Å². The molecule has 1 unspecified atom stereocenters. The minimum atomic E-state index is -0.530. The Bertz CT molecular complexity index is 1440. The van der Waals surface area contributed by atoms with E-state index >= 15 is 0 Å². The van der Waals surface area contributed by atoms with E-state index < -0.39 is 17.4 Å². The Morgan fingerprint density at radius 1 is 0.804 bits per heavy atom. The third-order valence-electron chi connectivity index (χ3n) is 9.22. The van der Waals surface area contributed by atoms with Gasteiger partial charge in [0.05, 0.1) is 6.10 Å². The van der Waals surface area contributed by atoms with Gasteiger partial charge in [-0.2, -0.15) is 0 Å². The molecule has 0 aliphatic rings. The van der Waals surface area contributed by atoms with Gasteiger partial charge >= 0.3 is 5.69 Å². The number of amides is 1. The van der Waals surface area contributed by atoms with Gasteiger partial charge in [0, 0.05) is 32.6 Å². The van der Waals surface area contributed by atoms with Gasteiger partial charge in [0.2, 0.25) is 0 Å². The highest BCUT2D eigenvalue weighted by Gasteiger charge is 2.15. The Kier molecular flexibility index (Phi) is 16.9. The molecular formula is C37H59N5O4. The van der Waals surface area contributed by atoms with E-state index in [1.165, 1.54) is 62.4 Å². The number of benzene rings is 1. The maximum Gasteiger partial charge on any atom is 0.329 e. The Balaban J connectivity index is 1.22. The Labute approximate surface area is 275 Å². The standard InChI is InChI=1S/C37H59N5O4/c1-4-5-6-7-8-9-10-12-15-18-23-29-24-21-22-26-31(29)35(44)38-28-30(43)25-19-16-13-11-14-17-20-27-32-39-34-33(41(32)2)36(45)40-37(46)42(34)3/h21-22,24,26,30,43H,4-20,23,25,27-28H2,1-3H3,(H,38,44)(H,40,45,46). The number of unbranched alkanes of at least 4 members (excludes halogenated alkanes) is 15. The van der Waals surface area contributed by atoms with E-state index in [0.29, 0.717) is 17.6 Å². The lowest BCUT2D eigenvalue weighted by atomic mass is 9.99. The van der Waals surface area contributed by atoms with E-state index in [9.17, 15) is 19.5 Å². The van der Waals surface area contributed by atoms with Crippen molar-refractivity contribution in [3.05, 3.63) is 62.1 Å². The lowest BCUT2D eigenvalue weighted by Gasteiger charge is -2.14. The van der Waals surface area contributed by atoms with E-state index in [4.69, 9.17) is 0 Å². The molecule has 2 aromatic heterocycles. The molecule has 1 aromatic carbocycles. The minimum Gasteiger partial charge on any atom is -0.391 e. The van der Waals surface area contributed by atoms with E-state index in [1.54, 1.807) is 11.6 Å². The number of carbonyl (C=O) groups excluding carboxylic acids is 1. The van der Waals surface area contributed by atoms with Crippen LogP contribution in [0.15, 0.2) is 33.9 Å². The first kappa shape index (κ1) is 37.3. The van der Waals surface area contributed by atoms with Gasteiger partial charge in [0.1, 0.15) is 5.82 Å². The van der Waals surface area contributed by atoms with Crippen molar-refractivity contribution >= 4 is 17.1 Å². The second-order valence-electron chi connectivity index (χ2n) is 13.0. The number of aryl methyl sites for hydroxylation is 4. The third-order valence-corrected chi connectivity index (χ3v) is 9.22. The summed E-state index contributed by atoms with van der Waals surface area (Å²) in [6, 6.07) is 7.89. The molecule has 3 rings (SSSR count). The maximum absolute atomic E-state index is 12.9. The summed E-state index contributed by atoms with van der Waals surface area (Å²) in [5.41, 5.74) is 1.86. The van der Waals surface area contributed by atoms with E-state index in [-0.39, 0.29) is 12.5 Å². The number of nitrogens with zero attached hydrogens (tertiary/aromatic N) is 3. The minimum absolute atomic E-state index is 0.0868. The zero-order chi connectivity index (χ0) is 33.1. The fourth-order valence-electron chi connectivity index (χ4n) is 6.29. The summed E-state index contributed by atoms with van der Waals surface area (Å²) in [5.74, 6) is 0.733. The van der Waals surface area contributed by atoms with Crippen LogP contribution < -0.4 is 16.6 Å². The summed E-state index contributed by atoms with van der Waals surface area (Å²) < 4.78 is 3.17. The average molecular weight is 638 g/mol. The van der Waals surface area contributed by atoms with Gasteiger partial charge < -0.3 is 15.0 Å². The quantitative estimate of drug-likeness (QED) is 0.0925. The molecule has 0 radical (unpaired) electrons. The number of carbonyl (C=O) groups is 1. The summed E-state index contributed by atoms with van der Waals surface area (Å²) in [4.78, 5) is 43.8. The number of H-pyrrole nitrogens is 1. The normalized spacial score (nSPS) is 12.2. The molecule has 0 bridgehead atoms. The molecule has 1 amide bonds. The molecule has 1 atom stereocenters. The maximum atomic E-state index is 12.9. The fourth-order valence-corrected chi connectivity index (χ4v) is 6.29. The lowest BCUT2D eigenvalue weighted by molar-refractivity contribution is 0.0907. The summed E-state index contributed by atoms with van der Waals surface area (Å²) in [5, 5.41) is 13.4. The Hall–Kier alpha value is -3.20. The van der Waals surface area contributed by atoms with Gasteiger partial charge in [-0.05, 0) is 37.3 Å². The van der Waals surface area contributed by atoms with E-state index in [2.05, 4.69) is 28.3 Å². The summed E-state index contributed by atoms with van der Waals surface area (Å²) in [6.45, 7) is 2.54. The van der Waals surface area contributed by atoms with Gasteiger partial charge in [-0.25, -0.2) is 9.78 Å². The summed E-state index contributed by atoms with van der Waals surface area (Å²) in [6.07, 6.45) is 22.3. The number of hydrogen-bond acceptors (Lipinski definition) is 5. The van der Waals surface area contributed by atoms with Crippen molar-refractivity contribution in [1.29, 1.82) is 0 Å². The van der Waals surface area contributed by atoms with Crippen LogP contribution in [0.25, 0.3) is 11.2 Å². The number of nitrogens with one attached hydrogen (secondary N) is 2. The molecule has 0 saturated carbocycles. The highest BCUT2D eigenvalue weighted by Crippen LogP contribution is 2.17. The highest BCUT2D eigenvalue weighted by molar-refractivity contribution is 5.95. The van der Waals surface area contributed by atoms with E-state index in [0.717, 1.165) is 81.2 Å². The van der Waals surface area contributed by atoms with Crippen molar-refractivity contribution in [3.63, 3.8) is 0 Å². The fraction of sp³-hybridized carbons (Fsp3) is 0.676. The molecule has 256 valence electrons. The molecule has 0 saturated heterocycles. The molecule has 3 aromatic rings. The van der Waals surface area contributed by atoms with Crippen LogP contribution >= 0.6 is 0 Å². The van der Waals surface area contributed by atoms with Crippen LogP contribution in [0.3, 0.4) is 0 Å². The smallest absolute Gasteiger partial charge is 0.329 e. The van der Waals surface area contributed by atoms with Gasteiger partial charge in [-0.3, -0.25) is 19.1 Å². The van der Waals surface area contributed by atoms with Crippen LogP contribution in [-0.4, -0.2) is 42.8 Å². The van der Waals surface area contributed by atoms with Gasteiger partial charge in [0.25, 0.3) is 11.5 Å². The van der Waals surface area contributed by atoms with Gasteiger partial charge in [0.15, 0.2) is 11.2 Å². The molecule has 0 spiro atoms. The molecule has 0 fully saturated rings. The second kappa shape index (κ2) is 20.8. The van der Waals surface area contributed by atoms with Gasteiger partial charge in [-0.1, -0.05) is 121 Å². The van der Waals surface area contributed by atoms with Crippen molar-refractivity contribution in [2.75, 3.05) is 6.54 Å². The van der Waals surface area contributed by atoms with Crippen molar-refractivity contribution in [1.82, 2.24) is 24.4 Å². The lowest BCUT2D eigenvalue weighted by Crippen LogP contribution is -2.32. The molecule has 3 N–H and O–H groups in total. The first-order valence-corrected chi connectivity index (χ1v) is 18.0. The van der Waals surface area contributed by atoms with Crippen LogP contribution in [0, 0.1) is 0 Å². The van der Waals surface area contributed by atoms with Crippen LogP contribution in [0.2, 0.25) is 0 Å². The third kappa shape index (κ3) is 12.2. The number of aliphatic hydroxyl groups excluding tert-OH is 1. The summed E-state index contributed by atoms with van der Waals surface area (Å²) in [7, 11) is 3.44. The SMILES string of the molecule is CCCCCCCCCCCCc1ccccc1C(=O)NCC(O)CCCCCCCCCc1nc2c(c(=O)[nH]c(=O)n2C)n1C. The van der Waals surface area contributed by atoms with Crippen molar-refractivity contribution in [2.24, 2.45) is 14.1 Å². The number of imidazole rings is 1. The Morgan fingerprint density at radius 2 is 1.37 bits per heavy atom. The first-order chi connectivity index (χ1) is 22.3. The Morgan fingerprint density at radius 3 is 2.02 bits per heavy atom. The number of hydrogen-bond donors (Lipinski definition) is 3. The van der Waals surface area contributed by atoms with Gasteiger partial charge in [-0.15, -0.1) is 0 Å². The molecule has 0 aliphatic heterocycles. The monoisotopic (exact) mass is 637 g/mol. The molecule has 46 heavy (non-hydrogen) atoms. The van der Waals surface area contributed by atoms with E-state index in [1.807, 2.05) is 25.2 Å². The van der Waals surface area contributed by atoms with Crippen molar-refractivity contribution in [3.8, 4) is 0 Å². The molecule has 0 aliphatic carbocycles. The van der Waals surface area contributed by atoms with Crippen LogP contribution in [0.5, 0.6) is 0 Å². The molecule has 2 heterocycles.